The first-order valence-corrected chi connectivity index (χ1v) is 5.60. The van der Waals surface area contributed by atoms with Crippen molar-refractivity contribution in [3.8, 4) is 0 Å². The molecule has 0 aromatic carbocycles. The summed E-state index contributed by atoms with van der Waals surface area (Å²) in [6, 6.07) is 0. The summed E-state index contributed by atoms with van der Waals surface area (Å²) in [5, 5.41) is 7.61. The molecule has 4 heteroatoms. The number of hydrogen-bond acceptors (Lipinski definition) is 3. The van der Waals surface area contributed by atoms with E-state index in [-0.39, 0.29) is 0 Å². The Balaban J connectivity index is 1.58. The van der Waals surface area contributed by atoms with Crippen LogP contribution >= 0.6 is 0 Å². The lowest BCUT2D eigenvalue weighted by molar-refractivity contribution is 0.185. The third-order valence-electron chi connectivity index (χ3n) is 2.81. The molecule has 84 valence electrons. The van der Waals surface area contributed by atoms with Crippen molar-refractivity contribution in [2.24, 2.45) is 13.0 Å². The third-order valence-corrected chi connectivity index (χ3v) is 2.81. The van der Waals surface area contributed by atoms with Crippen molar-refractivity contribution >= 4 is 0 Å². The number of aromatic nitrogens is 2. The van der Waals surface area contributed by atoms with Gasteiger partial charge < -0.3 is 10.1 Å². The van der Waals surface area contributed by atoms with Crippen molar-refractivity contribution in [2.75, 3.05) is 26.3 Å². The monoisotopic (exact) mass is 209 g/mol. The van der Waals surface area contributed by atoms with Crippen LogP contribution in [0.4, 0.5) is 0 Å². The van der Waals surface area contributed by atoms with Crippen LogP contribution in [0.25, 0.3) is 0 Å². The largest absolute Gasteiger partial charge is 0.381 e. The highest BCUT2D eigenvalue weighted by atomic mass is 16.5. The average Bonchev–Trinajstić information content (AvgIpc) is 2.84. The number of aryl methyl sites for hydroxylation is 1. The standard InChI is InChI=1S/C11H19N3O/c1-14-8-10(7-13-14)2-4-12-6-11-3-5-15-9-11/h7-8,11-12H,2-6,9H2,1H3. The molecule has 1 aromatic rings. The number of hydrogen-bond donors (Lipinski definition) is 1. The first-order valence-electron chi connectivity index (χ1n) is 5.60. The topological polar surface area (TPSA) is 39.1 Å². The lowest BCUT2D eigenvalue weighted by Gasteiger charge is -2.08. The Bertz CT molecular complexity index is 292. The molecule has 1 aliphatic heterocycles. The van der Waals surface area contributed by atoms with E-state index in [4.69, 9.17) is 4.74 Å². The Kier molecular flexibility index (Phi) is 3.75. The first-order chi connectivity index (χ1) is 7.34. The Morgan fingerprint density at radius 3 is 3.27 bits per heavy atom. The minimum atomic E-state index is 0.721. The molecule has 0 saturated carbocycles. The summed E-state index contributed by atoms with van der Waals surface area (Å²) in [7, 11) is 1.95. The van der Waals surface area contributed by atoms with E-state index in [1.165, 1.54) is 12.0 Å². The van der Waals surface area contributed by atoms with Crippen molar-refractivity contribution in [1.29, 1.82) is 0 Å². The Labute approximate surface area is 90.6 Å². The molecule has 1 fully saturated rings. The Morgan fingerprint density at radius 2 is 2.60 bits per heavy atom. The zero-order valence-electron chi connectivity index (χ0n) is 9.28. The van der Waals surface area contributed by atoms with Crippen molar-refractivity contribution < 1.29 is 4.74 Å². The fraction of sp³-hybridized carbons (Fsp3) is 0.727. The second-order valence-corrected chi connectivity index (χ2v) is 4.21. The molecule has 1 N–H and O–H groups in total. The molecule has 1 saturated heterocycles. The highest BCUT2D eigenvalue weighted by Gasteiger charge is 2.14. The van der Waals surface area contributed by atoms with Crippen LogP contribution in [-0.2, 0) is 18.2 Å². The van der Waals surface area contributed by atoms with Crippen LogP contribution in [0, 0.1) is 5.92 Å². The van der Waals surface area contributed by atoms with Gasteiger partial charge >= 0.3 is 0 Å². The van der Waals surface area contributed by atoms with Gasteiger partial charge in [0, 0.05) is 26.4 Å². The summed E-state index contributed by atoms with van der Waals surface area (Å²) in [4.78, 5) is 0. The van der Waals surface area contributed by atoms with Crippen LogP contribution in [0.3, 0.4) is 0 Å². The minimum Gasteiger partial charge on any atom is -0.381 e. The van der Waals surface area contributed by atoms with Gasteiger partial charge in [0.25, 0.3) is 0 Å². The molecule has 0 radical (unpaired) electrons. The molecule has 0 bridgehead atoms. The molecular weight excluding hydrogens is 190 g/mol. The second-order valence-electron chi connectivity index (χ2n) is 4.21. The van der Waals surface area contributed by atoms with Gasteiger partial charge in [0.15, 0.2) is 0 Å². The molecule has 1 atom stereocenters. The van der Waals surface area contributed by atoms with Gasteiger partial charge in [-0.15, -0.1) is 0 Å². The zero-order chi connectivity index (χ0) is 10.5. The van der Waals surface area contributed by atoms with Gasteiger partial charge in [-0.3, -0.25) is 4.68 Å². The van der Waals surface area contributed by atoms with Gasteiger partial charge in [0.05, 0.1) is 12.8 Å². The SMILES string of the molecule is Cn1cc(CCNCC2CCOC2)cn1. The van der Waals surface area contributed by atoms with E-state index in [1.807, 2.05) is 17.9 Å². The van der Waals surface area contributed by atoms with Gasteiger partial charge in [0.1, 0.15) is 0 Å². The lowest BCUT2D eigenvalue weighted by Crippen LogP contribution is -2.25. The Morgan fingerprint density at radius 1 is 1.67 bits per heavy atom. The van der Waals surface area contributed by atoms with Crippen LogP contribution in [0.1, 0.15) is 12.0 Å². The molecule has 4 nitrogen and oxygen atoms in total. The third kappa shape index (κ3) is 3.32. The summed E-state index contributed by atoms with van der Waals surface area (Å²) in [6.45, 7) is 3.98. The fourth-order valence-electron chi connectivity index (χ4n) is 1.88. The summed E-state index contributed by atoms with van der Waals surface area (Å²) in [6.07, 6.45) is 6.27. The average molecular weight is 209 g/mol. The van der Waals surface area contributed by atoms with E-state index < -0.39 is 0 Å². The smallest absolute Gasteiger partial charge is 0.0522 e. The van der Waals surface area contributed by atoms with E-state index >= 15 is 0 Å². The zero-order valence-corrected chi connectivity index (χ0v) is 9.28. The van der Waals surface area contributed by atoms with E-state index in [0.29, 0.717) is 0 Å². The highest BCUT2D eigenvalue weighted by Crippen LogP contribution is 2.10. The van der Waals surface area contributed by atoms with Gasteiger partial charge in [-0.05, 0) is 30.9 Å². The first kappa shape index (κ1) is 10.6. The second kappa shape index (κ2) is 5.28. The fourth-order valence-corrected chi connectivity index (χ4v) is 1.88. The summed E-state index contributed by atoms with van der Waals surface area (Å²) >= 11 is 0. The number of nitrogens with zero attached hydrogens (tertiary/aromatic N) is 2. The molecule has 2 rings (SSSR count). The summed E-state index contributed by atoms with van der Waals surface area (Å²) < 4.78 is 7.17. The number of rotatable bonds is 5. The van der Waals surface area contributed by atoms with Crippen LogP contribution in [0.5, 0.6) is 0 Å². The Hall–Kier alpha value is -0.870. The van der Waals surface area contributed by atoms with E-state index in [1.54, 1.807) is 0 Å². The van der Waals surface area contributed by atoms with Gasteiger partial charge in [0.2, 0.25) is 0 Å². The molecule has 1 aliphatic rings. The normalized spacial score (nSPS) is 21.0. The van der Waals surface area contributed by atoms with Crippen LogP contribution in [0.15, 0.2) is 12.4 Å². The van der Waals surface area contributed by atoms with Crippen LogP contribution in [-0.4, -0.2) is 36.1 Å². The van der Waals surface area contributed by atoms with Crippen molar-refractivity contribution in [1.82, 2.24) is 15.1 Å². The molecule has 1 unspecified atom stereocenters. The summed E-state index contributed by atoms with van der Waals surface area (Å²) in [5.74, 6) is 0.721. The highest BCUT2D eigenvalue weighted by molar-refractivity contribution is 5.03. The molecular formula is C11H19N3O. The van der Waals surface area contributed by atoms with Gasteiger partial charge in [-0.1, -0.05) is 0 Å². The van der Waals surface area contributed by atoms with Crippen LogP contribution < -0.4 is 5.32 Å². The van der Waals surface area contributed by atoms with Crippen LogP contribution in [0.2, 0.25) is 0 Å². The van der Waals surface area contributed by atoms with Gasteiger partial charge in [-0.2, -0.15) is 5.10 Å². The molecule has 0 aliphatic carbocycles. The number of nitrogens with one attached hydrogen (secondary N) is 1. The van der Waals surface area contributed by atoms with Crippen molar-refractivity contribution in [3.63, 3.8) is 0 Å². The quantitative estimate of drug-likeness (QED) is 0.721. The molecule has 2 heterocycles. The predicted octanol–water partition coefficient (Wildman–Crippen LogP) is 0.589. The van der Waals surface area contributed by atoms with E-state index in [0.717, 1.165) is 38.6 Å². The maximum absolute atomic E-state index is 5.32. The lowest BCUT2D eigenvalue weighted by atomic mass is 10.1. The molecule has 1 aromatic heterocycles. The van der Waals surface area contributed by atoms with Gasteiger partial charge in [-0.25, -0.2) is 0 Å². The maximum atomic E-state index is 5.32. The predicted molar refractivity (Wildman–Crippen MR) is 58.7 cm³/mol. The summed E-state index contributed by atoms with van der Waals surface area (Å²) in [5.41, 5.74) is 1.30. The van der Waals surface area contributed by atoms with Crippen molar-refractivity contribution in [3.05, 3.63) is 18.0 Å². The van der Waals surface area contributed by atoms with E-state index in [9.17, 15) is 0 Å². The molecule has 15 heavy (non-hydrogen) atoms. The molecule has 0 spiro atoms. The van der Waals surface area contributed by atoms with E-state index in [2.05, 4.69) is 16.6 Å². The minimum absolute atomic E-state index is 0.721. The maximum Gasteiger partial charge on any atom is 0.0522 e. The number of ether oxygens (including phenoxy) is 1. The molecule has 0 amide bonds. The van der Waals surface area contributed by atoms with Crippen molar-refractivity contribution in [2.45, 2.75) is 12.8 Å².